The van der Waals surface area contributed by atoms with Crippen molar-refractivity contribution >= 4 is 0 Å². The van der Waals surface area contributed by atoms with Crippen molar-refractivity contribution < 1.29 is 4.74 Å². The van der Waals surface area contributed by atoms with Gasteiger partial charge in [0.15, 0.2) is 0 Å². The van der Waals surface area contributed by atoms with Gasteiger partial charge in [-0.2, -0.15) is 0 Å². The summed E-state index contributed by atoms with van der Waals surface area (Å²) < 4.78 is 6.28. The van der Waals surface area contributed by atoms with Gasteiger partial charge in [0, 0.05) is 12.6 Å². The van der Waals surface area contributed by atoms with Gasteiger partial charge in [-0.3, -0.25) is 0 Å². The summed E-state index contributed by atoms with van der Waals surface area (Å²) in [5.74, 6) is 0. The molecule has 0 aromatic heterocycles. The largest absolute Gasteiger partial charge is 0.374 e. The van der Waals surface area contributed by atoms with Gasteiger partial charge in [0.1, 0.15) is 0 Å². The zero-order chi connectivity index (χ0) is 15.1. The second-order valence-corrected chi connectivity index (χ2v) is 6.40. The Kier molecular flexibility index (Phi) is 6.25. The average molecular weight is 289 g/mol. The van der Waals surface area contributed by atoms with Crippen LogP contribution in [0.5, 0.6) is 0 Å². The maximum absolute atomic E-state index is 6.28. The molecule has 2 heteroatoms. The Hall–Kier alpha value is -0.860. The first-order chi connectivity index (χ1) is 10.2. The minimum Gasteiger partial charge on any atom is -0.374 e. The molecule has 118 valence electrons. The molecule has 0 bridgehead atoms. The van der Waals surface area contributed by atoms with Crippen LogP contribution in [0.15, 0.2) is 24.3 Å². The molecule has 0 radical (unpaired) electrons. The van der Waals surface area contributed by atoms with Gasteiger partial charge in [-0.1, -0.05) is 49.6 Å². The molecule has 0 amide bonds. The highest BCUT2D eigenvalue weighted by atomic mass is 16.5. The molecule has 0 heterocycles. The zero-order valence-electron chi connectivity index (χ0n) is 14.0. The molecule has 1 aromatic rings. The van der Waals surface area contributed by atoms with Gasteiger partial charge in [0.05, 0.1) is 5.60 Å². The third-order valence-electron chi connectivity index (χ3n) is 4.72. The number of hydrogen-bond donors (Lipinski definition) is 1. The minimum atomic E-state index is 0.0504. The molecule has 2 rings (SSSR count). The first kappa shape index (κ1) is 16.5. The fourth-order valence-corrected chi connectivity index (χ4v) is 3.58. The van der Waals surface area contributed by atoms with Gasteiger partial charge in [0.2, 0.25) is 0 Å². The number of rotatable bonds is 8. The van der Waals surface area contributed by atoms with Crippen molar-refractivity contribution in [1.82, 2.24) is 5.32 Å². The monoisotopic (exact) mass is 289 g/mol. The maximum atomic E-state index is 6.28. The molecule has 2 nitrogen and oxygen atoms in total. The summed E-state index contributed by atoms with van der Waals surface area (Å²) in [7, 11) is 0. The van der Waals surface area contributed by atoms with E-state index in [0.717, 1.165) is 19.6 Å². The van der Waals surface area contributed by atoms with Crippen LogP contribution in [0, 0.1) is 6.92 Å². The summed E-state index contributed by atoms with van der Waals surface area (Å²) >= 11 is 0. The molecule has 1 aliphatic carbocycles. The number of ether oxygens (including phenoxy) is 1. The number of hydrogen-bond acceptors (Lipinski definition) is 2. The highest BCUT2D eigenvalue weighted by molar-refractivity contribution is 5.23. The van der Waals surface area contributed by atoms with Crippen LogP contribution in [0.25, 0.3) is 0 Å². The molecule has 0 aliphatic heterocycles. The molecule has 1 atom stereocenters. The lowest BCUT2D eigenvalue weighted by Gasteiger charge is -2.38. The highest BCUT2D eigenvalue weighted by Gasteiger charge is 2.41. The van der Waals surface area contributed by atoms with E-state index in [-0.39, 0.29) is 5.60 Å². The zero-order valence-corrected chi connectivity index (χ0v) is 14.0. The van der Waals surface area contributed by atoms with Gasteiger partial charge in [0.25, 0.3) is 0 Å². The van der Waals surface area contributed by atoms with Crippen molar-refractivity contribution in [3.63, 3.8) is 0 Å². The summed E-state index contributed by atoms with van der Waals surface area (Å²) in [4.78, 5) is 0. The van der Waals surface area contributed by atoms with E-state index >= 15 is 0 Å². The van der Waals surface area contributed by atoms with Gasteiger partial charge in [-0.15, -0.1) is 0 Å². The summed E-state index contributed by atoms with van der Waals surface area (Å²) in [5, 5.41) is 3.78. The van der Waals surface area contributed by atoms with Crippen LogP contribution in [-0.4, -0.2) is 24.8 Å². The van der Waals surface area contributed by atoms with Crippen LogP contribution in [0.1, 0.15) is 57.1 Å². The third kappa shape index (κ3) is 4.31. The van der Waals surface area contributed by atoms with Crippen LogP contribution in [0.3, 0.4) is 0 Å². The van der Waals surface area contributed by atoms with E-state index in [2.05, 4.69) is 50.4 Å². The molecular formula is C19H31NO. The number of aryl methyl sites for hydroxylation is 1. The fourth-order valence-electron chi connectivity index (χ4n) is 3.58. The molecular weight excluding hydrogens is 258 g/mol. The van der Waals surface area contributed by atoms with E-state index in [9.17, 15) is 0 Å². The summed E-state index contributed by atoms with van der Waals surface area (Å²) in [6.07, 6.45) is 7.26. The Labute approximate surface area is 130 Å². The lowest BCUT2D eigenvalue weighted by Crippen LogP contribution is -2.52. The smallest absolute Gasteiger partial charge is 0.0837 e. The van der Waals surface area contributed by atoms with Gasteiger partial charge >= 0.3 is 0 Å². The van der Waals surface area contributed by atoms with Crippen molar-refractivity contribution in [2.24, 2.45) is 0 Å². The average Bonchev–Trinajstić information content (AvgIpc) is 2.95. The van der Waals surface area contributed by atoms with Crippen molar-refractivity contribution in [2.45, 2.75) is 70.9 Å². The summed E-state index contributed by atoms with van der Waals surface area (Å²) in [6, 6.07) is 9.40. The first-order valence-corrected chi connectivity index (χ1v) is 8.63. The topological polar surface area (TPSA) is 21.3 Å². The number of nitrogens with one attached hydrogen (secondary N) is 1. The van der Waals surface area contributed by atoms with Crippen molar-refractivity contribution in [1.29, 1.82) is 0 Å². The van der Waals surface area contributed by atoms with Crippen LogP contribution >= 0.6 is 0 Å². The van der Waals surface area contributed by atoms with E-state index in [4.69, 9.17) is 4.74 Å². The van der Waals surface area contributed by atoms with E-state index in [1.807, 2.05) is 0 Å². The van der Waals surface area contributed by atoms with E-state index in [1.165, 1.54) is 43.2 Å². The van der Waals surface area contributed by atoms with Gasteiger partial charge < -0.3 is 10.1 Å². The van der Waals surface area contributed by atoms with Crippen molar-refractivity contribution in [3.05, 3.63) is 35.4 Å². The van der Waals surface area contributed by atoms with Crippen LogP contribution in [0.2, 0.25) is 0 Å². The Morgan fingerprint density at radius 1 is 1.14 bits per heavy atom. The Morgan fingerprint density at radius 2 is 1.81 bits per heavy atom. The Balaban J connectivity index is 2.13. The van der Waals surface area contributed by atoms with Crippen molar-refractivity contribution in [3.8, 4) is 0 Å². The lowest BCUT2D eigenvalue weighted by atomic mass is 9.87. The molecule has 1 aromatic carbocycles. The van der Waals surface area contributed by atoms with Gasteiger partial charge in [-0.25, -0.2) is 0 Å². The van der Waals surface area contributed by atoms with Crippen LogP contribution in [0.4, 0.5) is 0 Å². The molecule has 1 N–H and O–H groups in total. The predicted molar refractivity (Wildman–Crippen MR) is 89.8 cm³/mol. The molecule has 0 saturated heterocycles. The molecule has 1 unspecified atom stereocenters. The van der Waals surface area contributed by atoms with Crippen LogP contribution < -0.4 is 5.32 Å². The molecule has 0 spiro atoms. The fraction of sp³-hybridized carbons (Fsp3) is 0.684. The minimum absolute atomic E-state index is 0.0504. The van der Waals surface area contributed by atoms with Crippen LogP contribution in [-0.2, 0) is 11.2 Å². The number of benzene rings is 1. The molecule has 21 heavy (non-hydrogen) atoms. The predicted octanol–water partition coefficient (Wildman–Crippen LogP) is 4.26. The maximum Gasteiger partial charge on any atom is 0.0837 e. The molecule has 1 aliphatic rings. The third-order valence-corrected chi connectivity index (χ3v) is 4.72. The highest BCUT2D eigenvalue weighted by Crippen LogP contribution is 2.37. The standard InChI is InChI=1S/C19H31NO/c1-4-14-20-18(15-17-10-8-16(3)9-11-17)19(21-5-2)12-6-7-13-19/h8-11,18,20H,4-7,12-15H2,1-3H3. The van der Waals surface area contributed by atoms with E-state index in [1.54, 1.807) is 0 Å². The van der Waals surface area contributed by atoms with E-state index in [0.29, 0.717) is 6.04 Å². The first-order valence-electron chi connectivity index (χ1n) is 8.63. The van der Waals surface area contributed by atoms with E-state index < -0.39 is 0 Å². The molecule has 1 fully saturated rings. The molecule has 1 saturated carbocycles. The summed E-state index contributed by atoms with van der Waals surface area (Å²) in [5.41, 5.74) is 2.80. The quantitative estimate of drug-likeness (QED) is 0.772. The van der Waals surface area contributed by atoms with Crippen molar-refractivity contribution in [2.75, 3.05) is 13.2 Å². The lowest BCUT2D eigenvalue weighted by molar-refractivity contribution is -0.0612. The SMILES string of the molecule is CCCNC(Cc1ccc(C)cc1)C1(OCC)CCCC1. The Bertz CT molecular complexity index is 406. The second-order valence-electron chi connectivity index (χ2n) is 6.40. The summed E-state index contributed by atoms with van der Waals surface area (Å²) in [6.45, 7) is 8.40. The second kappa shape index (κ2) is 7.95. The normalized spacial score (nSPS) is 18.8. The van der Waals surface area contributed by atoms with Gasteiger partial charge in [-0.05, 0) is 51.6 Å². The Morgan fingerprint density at radius 3 is 2.38 bits per heavy atom.